The van der Waals surface area contributed by atoms with Gasteiger partial charge < -0.3 is 15.5 Å². The highest BCUT2D eigenvalue weighted by Gasteiger charge is 2.44. The van der Waals surface area contributed by atoms with Crippen molar-refractivity contribution < 1.29 is 14.4 Å². The van der Waals surface area contributed by atoms with Gasteiger partial charge in [-0.3, -0.25) is 19.7 Å². The van der Waals surface area contributed by atoms with Gasteiger partial charge in [-0.1, -0.05) is 25.0 Å². The van der Waals surface area contributed by atoms with E-state index in [9.17, 15) is 14.4 Å². The average Bonchev–Trinajstić information content (AvgIpc) is 3.29. The van der Waals surface area contributed by atoms with Gasteiger partial charge in [-0.25, -0.2) is 0 Å². The van der Waals surface area contributed by atoms with Crippen molar-refractivity contribution in [2.24, 2.45) is 0 Å². The summed E-state index contributed by atoms with van der Waals surface area (Å²) in [4.78, 5) is 38.4. The minimum Gasteiger partial charge on any atom is -0.322 e. The van der Waals surface area contributed by atoms with E-state index >= 15 is 0 Å². The molecular weight excluding hydrogens is 368 g/mol. The number of fused-ring (bicyclic) bond motifs is 2. The monoisotopic (exact) mass is 396 g/mol. The van der Waals surface area contributed by atoms with Crippen LogP contribution >= 0.6 is 0 Å². The molecule has 1 aromatic rings. The highest BCUT2D eigenvalue weighted by atomic mass is 16.2. The van der Waals surface area contributed by atoms with Crippen LogP contribution in [0.25, 0.3) is 0 Å². The lowest BCUT2D eigenvalue weighted by Crippen LogP contribution is -2.55. The van der Waals surface area contributed by atoms with Crippen LogP contribution in [0.15, 0.2) is 18.2 Å². The fraction of sp³-hybridized carbons (Fsp3) is 0.591. The van der Waals surface area contributed by atoms with Gasteiger partial charge in [0.05, 0.1) is 0 Å². The molecule has 3 atom stereocenters. The van der Waals surface area contributed by atoms with Crippen molar-refractivity contribution in [2.75, 3.05) is 6.54 Å². The number of nitrogens with zero attached hydrogens (tertiary/aromatic N) is 1. The summed E-state index contributed by atoms with van der Waals surface area (Å²) in [6.45, 7) is 2.23. The Balaban J connectivity index is 1.34. The average molecular weight is 396 g/mol. The van der Waals surface area contributed by atoms with Crippen molar-refractivity contribution in [1.82, 2.24) is 20.9 Å². The van der Waals surface area contributed by atoms with Crippen molar-refractivity contribution in [1.29, 1.82) is 0 Å². The van der Waals surface area contributed by atoms with Crippen LogP contribution < -0.4 is 16.0 Å². The Morgan fingerprint density at radius 2 is 2.03 bits per heavy atom. The number of carbonyl (C=O) groups excluding carboxylic acids is 3. The third kappa shape index (κ3) is 3.16. The summed E-state index contributed by atoms with van der Waals surface area (Å²) >= 11 is 0. The Kier molecular flexibility index (Phi) is 4.67. The second kappa shape index (κ2) is 7.22. The van der Waals surface area contributed by atoms with Gasteiger partial charge in [-0.15, -0.1) is 0 Å². The number of piperidine rings is 1. The predicted molar refractivity (Wildman–Crippen MR) is 107 cm³/mol. The van der Waals surface area contributed by atoms with Gasteiger partial charge in [0.25, 0.3) is 5.91 Å². The number of imide groups is 1. The van der Waals surface area contributed by atoms with Crippen molar-refractivity contribution in [3.63, 3.8) is 0 Å². The zero-order valence-electron chi connectivity index (χ0n) is 16.6. The standard InChI is InChI=1S/C22H28N4O3/c27-19-8-7-17(20(28)25-19)26-13-16-14(4-3-5-15(16)21(26)29)12-24-22-9-2-1-6-18(22)23-11-10-22/h3-5,17-18,23-24H,1-2,6-13H2,(H,25,27,28). The molecule has 0 radical (unpaired) electrons. The molecule has 2 saturated heterocycles. The molecule has 3 aliphatic heterocycles. The first-order chi connectivity index (χ1) is 14.1. The van der Waals surface area contributed by atoms with E-state index < -0.39 is 6.04 Å². The summed E-state index contributed by atoms with van der Waals surface area (Å²) in [6.07, 6.45) is 6.80. The van der Waals surface area contributed by atoms with Gasteiger partial charge in [-0.2, -0.15) is 0 Å². The summed E-state index contributed by atoms with van der Waals surface area (Å²) in [5.74, 6) is -0.720. The molecular formula is C22H28N4O3. The molecule has 7 nitrogen and oxygen atoms in total. The maximum absolute atomic E-state index is 13.0. The summed E-state index contributed by atoms with van der Waals surface area (Å²) in [7, 11) is 0. The number of rotatable bonds is 4. The molecule has 154 valence electrons. The largest absolute Gasteiger partial charge is 0.322 e. The molecule has 3 heterocycles. The molecule has 3 amide bonds. The van der Waals surface area contributed by atoms with Crippen molar-refractivity contribution in [3.05, 3.63) is 34.9 Å². The molecule has 0 bridgehead atoms. The van der Waals surface area contributed by atoms with Gasteiger partial charge in [0.1, 0.15) is 6.04 Å². The van der Waals surface area contributed by atoms with Crippen LogP contribution in [0.4, 0.5) is 0 Å². The third-order valence-corrected chi connectivity index (χ3v) is 7.30. The van der Waals surface area contributed by atoms with Crippen LogP contribution in [0.3, 0.4) is 0 Å². The Morgan fingerprint density at radius 3 is 2.90 bits per heavy atom. The molecule has 5 rings (SSSR count). The topological polar surface area (TPSA) is 90.5 Å². The summed E-state index contributed by atoms with van der Waals surface area (Å²) in [6, 6.07) is 5.85. The van der Waals surface area contributed by atoms with Crippen LogP contribution in [0.2, 0.25) is 0 Å². The second-order valence-electron chi connectivity index (χ2n) is 8.86. The molecule has 3 N–H and O–H groups in total. The lowest BCUT2D eigenvalue weighted by molar-refractivity contribution is -0.136. The third-order valence-electron chi connectivity index (χ3n) is 7.30. The van der Waals surface area contributed by atoms with Gasteiger partial charge in [-0.05, 0) is 49.4 Å². The Hall–Kier alpha value is -2.25. The zero-order chi connectivity index (χ0) is 20.0. The van der Waals surface area contributed by atoms with E-state index in [1.807, 2.05) is 12.1 Å². The van der Waals surface area contributed by atoms with E-state index in [1.165, 1.54) is 25.7 Å². The molecule has 3 unspecified atom stereocenters. The summed E-state index contributed by atoms with van der Waals surface area (Å²) in [5, 5.41) is 9.88. The number of benzene rings is 1. The predicted octanol–water partition coefficient (Wildman–Crippen LogP) is 1.21. The van der Waals surface area contributed by atoms with Crippen molar-refractivity contribution >= 4 is 17.7 Å². The molecule has 7 heteroatoms. The minimum atomic E-state index is -0.561. The van der Waals surface area contributed by atoms with Gasteiger partial charge in [0.2, 0.25) is 11.8 Å². The maximum atomic E-state index is 13.0. The Labute approximate surface area is 170 Å². The Morgan fingerprint density at radius 1 is 1.14 bits per heavy atom. The van der Waals surface area contributed by atoms with Gasteiger partial charge in [0, 0.05) is 36.7 Å². The van der Waals surface area contributed by atoms with E-state index in [0.717, 1.165) is 30.6 Å². The maximum Gasteiger partial charge on any atom is 0.255 e. The van der Waals surface area contributed by atoms with E-state index in [-0.39, 0.29) is 29.7 Å². The lowest BCUT2D eigenvalue weighted by Gasteiger charge is -2.40. The number of carbonyl (C=O) groups is 3. The molecule has 3 fully saturated rings. The van der Waals surface area contributed by atoms with E-state index in [0.29, 0.717) is 24.6 Å². The van der Waals surface area contributed by atoms with E-state index in [2.05, 4.69) is 22.0 Å². The van der Waals surface area contributed by atoms with Gasteiger partial charge >= 0.3 is 0 Å². The first-order valence-electron chi connectivity index (χ1n) is 10.8. The SMILES string of the molecule is O=C1CCC(N2Cc3c(CNC45CCCCC4NCC5)cccc3C2=O)C(=O)N1. The molecule has 0 aromatic heterocycles. The van der Waals surface area contributed by atoms with Crippen molar-refractivity contribution in [2.45, 2.75) is 75.7 Å². The number of hydrogen-bond donors (Lipinski definition) is 3. The molecule has 1 aromatic carbocycles. The quantitative estimate of drug-likeness (QED) is 0.666. The number of nitrogens with one attached hydrogen (secondary N) is 3. The number of amides is 3. The molecule has 4 aliphatic rings. The van der Waals surface area contributed by atoms with Crippen LogP contribution in [0.5, 0.6) is 0 Å². The second-order valence-corrected chi connectivity index (χ2v) is 8.86. The lowest BCUT2D eigenvalue weighted by atomic mass is 9.78. The van der Waals surface area contributed by atoms with Crippen LogP contribution in [-0.4, -0.2) is 46.8 Å². The van der Waals surface area contributed by atoms with E-state index in [1.54, 1.807) is 4.90 Å². The van der Waals surface area contributed by atoms with Crippen LogP contribution in [0, 0.1) is 0 Å². The fourth-order valence-corrected chi connectivity index (χ4v) is 5.69. The molecule has 0 spiro atoms. The smallest absolute Gasteiger partial charge is 0.255 e. The van der Waals surface area contributed by atoms with Crippen LogP contribution in [0.1, 0.15) is 66.4 Å². The molecule has 29 heavy (non-hydrogen) atoms. The fourth-order valence-electron chi connectivity index (χ4n) is 5.69. The van der Waals surface area contributed by atoms with Crippen LogP contribution in [-0.2, 0) is 22.7 Å². The first-order valence-corrected chi connectivity index (χ1v) is 10.8. The highest BCUT2D eigenvalue weighted by molar-refractivity contribution is 6.05. The highest BCUT2D eigenvalue weighted by Crippen LogP contribution is 2.36. The normalized spacial score (nSPS) is 31.6. The molecule has 1 saturated carbocycles. The minimum absolute atomic E-state index is 0.104. The summed E-state index contributed by atoms with van der Waals surface area (Å²) < 4.78 is 0. The zero-order valence-corrected chi connectivity index (χ0v) is 16.6. The Bertz CT molecular complexity index is 870. The van der Waals surface area contributed by atoms with E-state index in [4.69, 9.17) is 0 Å². The first kappa shape index (κ1) is 18.8. The van der Waals surface area contributed by atoms with Gasteiger partial charge in [0.15, 0.2) is 0 Å². The molecule has 1 aliphatic carbocycles. The number of hydrogen-bond acceptors (Lipinski definition) is 5. The summed E-state index contributed by atoms with van der Waals surface area (Å²) in [5.41, 5.74) is 3.00. The van der Waals surface area contributed by atoms with Crippen molar-refractivity contribution in [3.8, 4) is 0 Å².